The lowest BCUT2D eigenvalue weighted by atomic mass is 10.0. The molecule has 0 bridgehead atoms. The number of aryl methyl sites for hydroxylation is 1. The predicted octanol–water partition coefficient (Wildman–Crippen LogP) is 3.95. The molecule has 0 amide bonds. The Hall–Kier alpha value is -4.53. The molecule has 0 fully saturated rings. The van der Waals surface area contributed by atoms with Crippen LogP contribution < -0.4 is 0 Å². The summed E-state index contributed by atoms with van der Waals surface area (Å²) in [6.07, 6.45) is 3.55. The third kappa shape index (κ3) is 5.03. The van der Waals surface area contributed by atoms with E-state index in [2.05, 4.69) is 42.6 Å². The monoisotopic (exact) mass is 464 g/mol. The van der Waals surface area contributed by atoms with Gasteiger partial charge in [-0.1, -0.05) is 67.6 Å². The van der Waals surface area contributed by atoms with Crippen molar-refractivity contribution in [2.45, 2.75) is 32.7 Å². The highest BCUT2D eigenvalue weighted by molar-refractivity contribution is 5.94. The molecule has 5 rings (SSSR count). The summed E-state index contributed by atoms with van der Waals surface area (Å²) in [5.74, 6) is 1.52. The first-order valence-corrected chi connectivity index (χ1v) is 11.5. The molecule has 0 unspecified atom stereocenters. The van der Waals surface area contributed by atoms with Crippen molar-refractivity contribution in [1.29, 1.82) is 0 Å². The van der Waals surface area contributed by atoms with Crippen molar-refractivity contribution in [2.75, 3.05) is 0 Å². The zero-order valence-corrected chi connectivity index (χ0v) is 19.3. The van der Waals surface area contributed by atoms with Crippen LogP contribution in [0.5, 0.6) is 0 Å². The number of carbonyl (C=O) groups excluding carboxylic acids is 1. The van der Waals surface area contributed by atoms with Crippen LogP contribution in [0.1, 0.15) is 40.9 Å². The van der Waals surface area contributed by atoms with Crippen LogP contribution >= 0.6 is 0 Å². The average molecular weight is 465 g/mol. The quantitative estimate of drug-likeness (QED) is 0.328. The van der Waals surface area contributed by atoms with Gasteiger partial charge in [0.1, 0.15) is 5.82 Å². The van der Waals surface area contributed by atoms with Crippen LogP contribution in [-0.2, 0) is 19.4 Å². The third-order valence-electron chi connectivity index (χ3n) is 5.63. The molecule has 174 valence electrons. The van der Waals surface area contributed by atoms with Crippen molar-refractivity contribution < 1.29 is 4.79 Å². The number of nitrogens with one attached hydrogen (secondary N) is 1. The van der Waals surface area contributed by atoms with Gasteiger partial charge in [0.2, 0.25) is 11.6 Å². The highest BCUT2D eigenvalue weighted by atomic mass is 16.1. The van der Waals surface area contributed by atoms with E-state index in [0.717, 1.165) is 40.2 Å². The Morgan fingerprint density at radius 2 is 1.74 bits per heavy atom. The lowest BCUT2D eigenvalue weighted by molar-refractivity contribution is 0.0982. The number of aromatic amines is 1. The van der Waals surface area contributed by atoms with E-state index in [1.165, 1.54) is 0 Å². The number of tetrazole rings is 1. The van der Waals surface area contributed by atoms with E-state index < -0.39 is 0 Å². The summed E-state index contributed by atoms with van der Waals surface area (Å²) < 4.78 is 1.83. The van der Waals surface area contributed by atoms with Crippen LogP contribution in [0.15, 0.2) is 72.9 Å². The van der Waals surface area contributed by atoms with Crippen LogP contribution in [0.2, 0.25) is 0 Å². The molecule has 3 aromatic heterocycles. The Kier molecular flexibility index (Phi) is 6.47. The summed E-state index contributed by atoms with van der Waals surface area (Å²) in [5, 5.41) is 18.7. The summed E-state index contributed by atoms with van der Waals surface area (Å²) in [6, 6.07) is 21.5. The summed E-state index contributed by atoms with van der Waals surface area (Å²) in [6.45, 7) is 2.78. The molecule has 3 heterocycles. The summed E-state index contributed by atoms with van der Waals surface area (Å²) in [7, 11) is 0. The molecule has 0 atom stereocenters. The molecule has 0 saturated carbocycles. The van der Waals surface area contributed by atoms with Gasteiger partial charge in [0, 0.05) is 36.7 Å². The number of Topliss-reactive ketones (excluding diaryl/α,β-unsaturated/α-hetero) is 1. The normalized spacial score (nSPS) is 11.0. The first-order chi connectivity index (χ1) is 17.2. The molecule has 2 aromatic carbocycles. The standard InChI is InChI=1S/C26H24N8O/c1-2-14-34-24(28-26(31-34)23(35)15-18-8-4-3-5-9-18)16-19-12-13-22(27-17-19)20-10-6-7-11-21(20)25-29-32-33-30-25/h3-13,17H,2,14-16H2,1H3,(H,29,30,32,33). The SMILES string of the molecule is CCCn1nc(C(=O)Cc2ccccc2)nc1Cc1ccc(-c2ccccc2-c2nnn[nH]2)nc1. The highest BCUT2D eigenvalue weighted by Crippen LogP contribution is 2.28. The Labute approximate surface area is 202 Å². The van der Waals surface area contributed by atoms with E-state index in [-0.39, 0.29) is 18.0 Å². The Balaban J connectivity index is 1.37. The van der Waals surface area contributed by atoms with E-state index in [4.69, 9.17) is 0 Å². The number of nitrogens with zero attached hydrogens (tertiary/aromatic N) is 7. The van der Waals surface area contributed by atoms with Gasteiger partial charge in [0.25, 0.3) is 0 Å². The summed E-state index contributed by atoms with van der Waals surface area (Å²) in [4.78, 5) is 22.1. The molecule has 0 saturated heterocycles. The second-order valence-corrected chi connectivity index (χ2v) is 8.18. The molecule has 0 aliphatic rings. The molecule has 0 aliphatic carbocycles. The number of H-pyrrole nitrogens is 1. The topological polar surface area (TPSA) is 115 Å². The lowest BCUT2D eigenvalue weighted by Gasteiger charge is -2.08. The Bertz CT molecular complexity index is 1410. The minimum Gasteiger partial charge on any atom is -0.290 e. The number of rotatable bonds is 9. The Morgan fingerprint density at radius 1 is 0.943 bits per heavy atom. The van der Waals surface area contributed by atoms with Crippen molar-refractivity contribution in [3.8, 4) is 22.6 Å². The number of benzene rings is 2. The van der Waals surface area contributed by atoms with Gasteiger partial charge in [-0.2, -0.15) is 0 Å². The first kappa shape index (κ1) is 22.3. The van der Waals surface area contributed by atoms with Gasteiger partial charge in [-0.05, 0) is 34.0 Å². The zero-order chi connectivity index (χ0) is 24.0. The van der Waals surface area contributed by atoms with Crippen molar-refractivity contribution >= 4 is 5.78 Å². The van der Waals surface area contributed by atoms with Gasteiger partial charge in [0.15, 0.2) is 5.82 Å². The summed E-state index contributed by atoms with van der Waals surface area (Å²) in [5.41, 5.74) is 4.56. The number of carbonyl (C=O) groups is 1. The lowest BCUT2D eigenvalue weighted by Crippen LogP contribution is -2.08. The molecule has 0 radical (unpaired) electrons. The number of ketones is 1. The van der Waals surface area contributed by atoms with E-state index >= 15 is 0 Å². The van der Waals surface area contributed by atoms with E-state index in [9.17, 15) is 4.79 Å². The minimum atomic E-state index is -0.0840. The molecule has 0 aliphatic heterocycles. The number of aromatic nitrogens is 8. The second kappa shape index (κ2) is 10.2. The van der Waals surface area contributed by atoms with Gasteiger partial charge < -0.3 is 0 Å². The van der Waals surface area contributed by atoms with Crippen molar-refractivity contribution in [3.63, 3.8) is 0 Å². The molecule has 35 heavy (non-hydrogen) atoms. The molecular weight excluding hydrogens is 440 g/mol. The highest BCUT2D eigenvalue weighted by Gasteiger charge is 2.17. The zero-order valence-electron chi connectivity index (χ0n) is 19.3. The van der Waals surface area contributed by atoms with Gasteiger partial charge in [-0.3, -0.25) is 9.78 Å². The molecule has 9 heteroatoms. The fourth-order valence-corrected chi connectivity index (χ4v) is 3.93. The number of pyridine rings is 1. The average Bonchev–Trinajstić information content (AvgIpc) is 3.56. The van der Waals surface area contributed by atoms with Gasteiger partial charge in [-0.15, -0.1) is 10.2 Å². The third-order valence-corrected chi connectivity index (χ3v) is 5.63. The van der Waals surface area contributed by atoms with Crippen LogP contribution in [-0.4, -0.2) is 46.2 Å². The van der Waals surface area contributed by atoms with Crippen LogP contribution in [0.3, 0.4) is 0 Å². The van der Waals surface area contributed by atoms with Crippen molar-refractivity contribution in [2.24, 2.45) is 0 Å². The van der Waals surface area contributed by atoms with Crippen molar-refractivity contribution in [3.05, 3.63) is 95.7 Å². The number of hydrogen-bond donors (Lipinski definition) is 1. The van der Waals surface area contributed by atoms with E-state index in [0.29, 0.717) is 18.8 Å². The maximum Gasteiger partial charge on any atom is 0.217 e. The van der Waals surface area contributed by atoms with E-state index in [1.807, 2.05) is 77.6 Å². The first-order valence-electron chi connectivity index (χ1n) is 11.5. The molecule has 5 aromatic rings. The Morgan fingerprint density at radius 3 is 2.46 bits per heavy atom. The predicted molar refractivity (Wildman–Crippen MR) is 130 cm³/mol. The van der Waals surface area contributed by atoms with Gasteiger partial charge >= 0.3 is 0 Å². The fraction of sp³-hybridized carbons (Fsp3) is 0.192. The smallest absolute Gasteiger partial charge is 0.217 e. The van der Waals surface area contributed by atoms with Crippen molar-refractivity contribution in [1.82, 2.24) is 40.4 Å². The maximum absolute atomic E-state index is 12.8. The number of hydrogen-bond acceptors (Lipinski definition) is 7. The van der Waals surface area contributed by atoms with Crippen LogP contribution in [0.25, 0.3) is 22.6 Å². The van der Waals surface area contributed by atoms with Gasteiger partial charge in [-0.25, -0.2) is 14.8 Å². The summed E-state index contributed by atoms with van der Waals surface area (Å²) >= 11 is 0. The molecule has 1 N–H and O–H groups in total. The van der Waals surface area contributed by atoms with E-state index in [1.54, 1.807) is 0 Å². The van der Waals surface area contributed by atoms with Crippen LogP contribution in [0, 0.1) is 0 Å². The maximum atomic E-state index is 12.8. The molecule has 9 nitrogen and oxygen atoms in total. The molecular formula is C26H24N8O. The molecule has 0 spiro atoms. The fourth-order valence-electron chi connectivity index (χ4n) is 3.93. The largest absolute Gasteiger partial charge is 0.290 e. The second-order valence-electron chi connectivity index (χ2n) is 8.18. The van der Waals surface area contributed by atoms with Gasteiger partial charge in [0.05, 0.1) is 5.69 Å². The minimum absolute atomic E-state index is 0.0840. The van der Waals surface area contributed by atoms with Crippen LogP contribution in [0.4, 0.5) is 0 Å².